The molecule has 0 atom stereocenters. The van der Waals surface area contributed by atoms with Crippen molar-refractivity contribution in [3.05, 3.63) is 18.7 Å². The Labute approximate surface area is 79.8 Å². The van der Waals surface area contributed by atoms with Gasteiger partial charge in [-0.15, -0.1) is 11.3 Å². The van der Waals surface area contributed by atoms with Gasteiger partial charge in [0.15, 0.2) is 9.84 Å². The molecule has 13 heavy (non-hydrogen) atoms. The van der Waals surface area contributed by atoms with Crippen LogP contribution < -0.4 is 0 Å². The topological polar surface area (TPSA) is 51.4 Å². The fraction of sp³-hybridized carbons (Fsp3) is 0.286. The minimum Gasteiger partial charge on any atom is -0.296 e. The number of sulfone groups is 1. The molecule has 0 aliphatic rings. The molecule has 0 saturated heterocycles. The maximum absolute atomic E-state index is 11.4. The molecule has 0 saturated carbocycles. The molecule has 0 radical (unpaired) electrons. The van der Waals surface area contributed by atoms with Crippen LogP contribution in [0.1, 0.15) is 6.92 Å². The summed E-state index contributed by atoms with van der Waals surface area (Å²) in [7, 11) is -3.06. The van der Waals surface area contributed by atoms with Gasteiger partial charge in [0, 0.05) is 6.20 Å². The van der Waals surface area contributed by atoms with E-state index in [1.165, 1.54) is 11.3 Å². The minimum atomic E-state index is -3.06. The van der Waals surface area contributed by atoms with Crippen molar-refractivity contribution < 1.29 is 8.42 Å². The second-order valence-corrected chi connectivity index (χ2v) is 6.16. The summed E-state index contributed by atoms with van der Waals surface area (Å²) in [5.41, 5.74) is 0. The van der Waals surface area contributed by atoms with E-state index in [9.17, 15) is 8.42 Å². The maximum atomic E-state index is 11.4. The molecule has 0 aliphatic carbocycles. The lowest BCUT2D eigenvalue weighted by Gasteiger charge is -1.92. The molecule has 0 fully saturated rings. The van der Waals surface area contributed by atoms with Crippen LogP contribution in [-0.4, -0.2) is 23.6 Å². The molecule has 0 unspecified atom stereocenters. The standard InChI is InChI=1S/C7H8N2O2S2/c1-2-13(10,11)7-4-9-5-8-3-6(9)12-7/h3-5H,2H2,1H3. The van der Waals surface area contributed by atoms with Crippen molar-refractivity contribution in [3.63, 3.8) is 0 Å². The summed E-state index contributed by atoms with van der Waals surface area (Å²) >= 11 is 1.25. The Morgan fingerprint density at radius 1 is 1.62 bits per heavy atom. The molecule has 0 spiro atoms. The molecule has 0 amide bonds. The van der Waals surface area contributed by atoms with Crippen LogP contribution in [0.4, 0.5) is 0 Å². The monoisotopic (exact) mass is 216 g/mol. The van der Waals surface area contributed by atoms with Crippen LogP contribution >= 0.6 is 11.3 Å². The summed E-state index contributed by atoms with van der Waals surface area (Å²) in [5, 5.41) is 0. The second kappa shape index (κ2) is 2.81. The van der Waals surface area contributed by atoms with Gasteiger partial charge in [0.2, 0.25) is 0 Å². The molecule has 0 bridgehead atoms. The number of rotatable bonds is 2. The Bertz CT molecular complexity index is 495. The smallest absolute Gasteiger partial charge is 0.189 e. The third kappa shape index (κ3) is 1.36. The summed E-state index contributed by atoms with van der Waals surface area (Å²) in [4.78, 5) is 4.74. The zero-order valence-electron chi connectivity index (χ0n) is 6.97. The average Bonchev–Trinajstić information content (AvgIpc) is 2.61. The van der Waals surface area contributed by atoms with Gasteiger partial charge < -0.3 is 0 Å². The fourth-order valence-corrected chi connectivity index (χ4v) is 3.36. The van der Waals surface area contributed by atoms with E-state index < -0.39 is 9.84 Å². The Morgan fingerprint density at radius 3 is 3.00 bits per heavy atom. The van der Waals surface area contributed by atoms with Crippen LogP contribution in [0.2, 0.25) is 0 Å². The van der Waals surface area contributed by atoms with Crippen LogP contribution in [0.5, 0.6) is 0 Å². The van der Waals surface area contributed by atoms with Gasteiger partial charge in [-0.25, -0.2) is 13.4 Å². The number of hydrogen-bond donors (Lipinski definition) is 0. The largest absolute Gasteiger partial charge is 0.296 e. The molecule has 2 aromatic rings. The normalized spacial score (nSPS) is 12.4. The quantitative estimate of drug-likeness (QED) is 0.757. The van der Waals surface area contributed by atoms with Crippen molar-refractivity contribution in [2.45, 2.75) is 11.1 Å². The minimum absolute atomic E-state index is 0.143. The number of thiazole rings is 1. The molecule has 70 valence electrons. The van der Waals surface area contributed by atoms with Crippen LogP contribution in [0.15, 0.2) is 22.9 Å². The lowest BCUT2D eigenvalue weighted by molar-refractivity contribution is 0.599. The first-order valence-electron chi connectivity index (χ1n) is 3.78. The molecule has 2 rings (SSSR count). The van der Waals surface area contributed by atoms with Crippen LogP contribution in [0.25, 0.3) is 4.83 Å². The zero-order chi connectivity index (χ0) is 9.47. The van der Waals surface area contributed by atoms with E-state index >= 15 is 0 Å². The highest BCUT2D eigenvalue weighted by Gasteiger charge is 2.15. The number of nitrogens with zero attached hydrogens (tertiary/aromatic N) is 2. The van der Waals surface area contributed by atoms with E-state index in [2.05, 4.69) is 4.98 Å². The first-order valence-corrected chi connectivity index (χ1v) is 6.24. The van der Waals surface area contributed by atoms with E-state index in [1.54, 1.807) is 30.0 Å². The second-order valence-electron chi connectivity index (χ2n) is 2.59. The summed E-state index contributed by atoms with van der Waals surface area (Å²) in [6.45, 7) is 1.64. The van der Waals surface area contributed by atoms with Gasteiger partial charge in [-0.2, -0.15) is 0 Å². The lowest BCUT2D eigenvalue weighted by Crippen LogP contribution is -2.00. The van der Waals surface area contributed by atoms with Gasteiger partial charge in [-0.3, -0.25) is 4.40 Å². The van der Waals surface area contributed by atoms with Crippen molar-refractivity contribution in [3.8, 4) is 0 Å². The molecule has 6 heteroatoms. The Morgan fingerprint density at radius 2 is 2.38 bits per heavy atom. The summed E-state index contributed by atoms with van der Waals surface area (Å²) in [5.74, 6) is 0.143. The van der Waals surface area contributed by atoms with Gasteiger partial charge in [-0.05, 0) is 0 Å². The molecule has 2 heterocycles. The van der Waals surface area contributed by atoms with E-state index in [0.29, 0.717) is 4.21 Å². The highest BCUT2D eigenvalue weighted by Crippen LogP contribution is 2.22. The Kier molecular flexibility index (Phi) is 1.88. The van der Waals surface area contributed by atoms with Gasteiger partial charge >= 0.3 is 0 Å². The zero-order valence-corrected chi connectivity index (χ0v) is 8.60. The highest BCUT2D eigenvalue weighted by atomic mass is 32.2. The third-order valence-corrected chi connectivity index (χ3v) is 5.09. The van der Waals surface area contributed by atoms with Gasteiger partial charge in [0.25, 0.3) is 0 Å². The van der Waals surface area contributed by atoms with Crippen molar-refractivity contribution in [1.29, 1.82) is 0 Å². The van der Waals surface area contributed by atoms with Crippen molar-refractivity contribution in [1.82, 2.24) is 9.38 Å². The molecule has 4 nitrogen and oxygen atoms in total. The van der Waals surface area contributed by atoms with Crippen LogP contribution in [-0.2, 0) is 9.84 Å². The van der Waals surface area contributed by atoms with Crippen LogP contribution in [0, 0.1) is 0 Å². The number of imidazole rings is 1. The van der Waals surface area contributed by atoms with E-state index in [4.69, 9.17) is 0 Å². The van der Waals surface area contributed by atoms with E-state index in [0.717, 1.165) is 4.83 Å². The first kappa shape index (κ1) is 8.71. The number of hydrogen-bond acceptors (Lipinski definition) is 4. The fourth-order valence-electron chi connectivity index (χ4n) is 0.998. The van der Waals surface area contributed by atoms with Gasteiger partial charge in [0.05, 0.1) is 18.3 Å². The van der Waals surface area contributed by atoms with Crippen molar-refractivity contribution >= 4 is 26.0 Å². The van der Waals surface area contributed by atoms with E-state index in [-0.39, 0.29) is 5.75 Å². The van der Waals surface area contributed by atoms with Gasteiger partial charge in [-0.1, -0.05) is 6.92 Å². The highest BCUT2D eigenvalue weighted by molar-refractivity contribution is 7.93. The molecule has 2 aromatic heterocycles. The Balaban J connectivity index is 2.64. The molecule has 0 aromatic carbocycles. The third-order valence-electron chi connectivity index (χ3n) is 1.77. The predicted octanol–water partition coefficient (Wildman–Crippen LogP) is 1.19. The van der Waals surface area contributed by atoms with Crippen LogP contribution in [0.3, 0.4) is 0 Å². The number of fused-ring (bicyclic) bond motifs is 1. The summed E-state index contributed by atoms with van der Waals surface area (Å²) in [6, 6.07) is 0. The number of aromatic nitrogens is 2. The van der Waals surface area contributed by atoms with Gasteiger partial charge in [0.1, 0.15) is 9.04 Å². The first-order chi connectivity index (χ1) is 6.13. The summed E-state index contributed by atoms with van der Waals surface area (Å²) < 4.78 is 25.0. The summed E-state index contributed by atoms with van der Waals surface area (Å²) in [6.07, 6.45) is 4.85. The van der Waals surface area contributed by atoms with Crippen molar-refractivity contribution in [2.24, 2.45) is 0 Å². The molecule has 0 N–H and O–H groups in total. The Hall–Kier alpha value is -0.880. The molecular formula is C7H8N2O2S2. The molecule has 0 aliphatic heterocycles. The maximum Gasteiger partial charge on any atom is 0.189 e. The SMILES string of the molecule is CCS(=O)(=O)c1cn2cncc2s1. The average molecular weight is 216 g/mol. The lowest BCUT2D eigenvalue weighted by atomic mass is 10.9. The predicted molar refractivity (Wildman–Crippen MR) is 50.8 cm³/mol. The molecular weight excluding hydrogens is 208 g/mol. The van der Waals surface area contributed by atoms with E-state index in [1.807, 2.05) is 0 Å². The van der Waals surface area contributed by atoms with Crippen molar-refractivity contribution in [2.75, 3.05) is 5.75 Å².